The number of carbonyl (C=O) groups excluding carboxylic acids is 1. The Morgan fingerprint density at radius 1 is 1.56 bits per heavy atom. The Balaban J connectivity index is 1.92. The van der Waals surface area contributed by atoms with Gasteiger partial charge in [-0.15, -0.1) is 11.3 Å². The van der Waals surface area contributed by atoms with E-state index in [-0.39, 0.29) is 5.91 Å². The second-order valence-electron chi connectivity index (χ2n) is 3.81. The van der Waals surface area contributed by atoms with Crippen LogP contribution in [0.25, 0.3) is 0 Å². The molecule has 16 heavy (non-hydrogen) atoms. The molecule has 1 aliphatic rings. The van der Waals surface area contributed by atoms with Crippen LogP contribution >= 0.6 is 11.3 Å². The minimum absolute atomic E-state index is 0.0978. The van der Waals surface area contributed by atoms with E-state index in [1.807, 2.05) is 12.3 Å². The largest absolute Gasteiger partial charge is 0.375 e. The van der Waals surface area contributed by atoms with Crippen LogP contribution in [0, 0.1) is 0 Å². The van der Waals surface area contributed by atoms with E-state index < -0.39 is 0 Å². The number of likely N-dealkylation sites (tertiary alicyclic amines) is 1. The molecule has 4 nitrogen and oxygen atoms in total. The number of rotatable bonds is 3. The SMILES string of the molecule is C/C(=C\C(=O)Nc1nccs1)N1CCCC1. The van der Waals surface area contributed by atoms with Crippen molar-refractivity contribution in [2.75, 3.05) is 18.4 Å². The maximum absolute atomic E-state index is 11.6. The number of hydrogen-bond acceptors (Lipinski definition) is 4. The fourth-order valence-electron chi connectivity index (χ4n) is 1.78. The molecule has 1 amide bonds. The zero-order valence-electron chi connectivity index (χ0n) is 9.27. The third-order valence-corrected chi connectivity index (χ3v) is 3.30. The van der Waals surface area contributed by atoms with Crippen LogP contribution in [0.15, 0.2) is 23.3 Å². The van der Waals surface area contributed by atoms with Crippen molar-refractivity contribution in [1.29, 1.82) is 0 Å². The zero-order valence-corrected chi connectivity index (χ0v) is 10.1. The first-order valence-corrected chi connectivity index (χ1v) is 6.27. The molecule has 0 atom stereocenters. The molecule has 1 aromatic rings. The number of amides is 1. The second kappa shape index (κ2) is 5.12. The average molecular weight is 237 g/mol. The molecule has 0 aliphatic carbocycles. The Bertz CT molecular complexity index is 380. The zero-order chi connectivity index (χ0) is 11.4. The Morgan fingerprint density at radius 2 is 2.31 bits per heavy atom. The van der Waals surface area contributed by atoms with Crippen molar-refractivity contribution < 1.29 is 4.79 Å². The van der Waals surface area contributed by atoms with Gasteiger partial charge >= 0.3 is 0 Å². The number of aromatic nitrogens is 1. The molecule has 1 aliphatic heterocycles. The van der Waals surface area contributed by atoms with Crippen LogP contribution in [0.1, 0.15) is 19.8 Å². The maximum Gasteiger partial charge on any atom is 0.251 e. The smallest absolute Gasteiger partial charge is 0.251 e. The number of allylic oxidation sites excluding steroid dienone is 1. The Labute approximate surface area is 99.0 Å². The number of nitrogens with one attached hydrogen (secondary N) is 1. The molecule has 2 rings (SSSR count). The van der Waals surface area contributed by atoms with Crippen LogP contribution in [0.5, 0.6) is 0 Å². The molecular weight excluding hydrogens is 222 g/mol. The summed E-state index contributed by atoms with van der Waals surface area (Å²) in [5.41, 5.74) is 1.03. The first kappa shape index (κ1) is 11.1. The van der Waals surface area contributed by atoms with Crippen molar-refractivity contribution in [2.24, 2.45) is 0 Å². The van der Waals surface area contributed by atoms with Gasteiger partial charge in [-0.3, -0.25) is 10.1 Å². The molecule has 0 unspecified atom stereocenters. The summed E-state index contributed by atoms with van der Waals surface area (Å²) in [7, 11) is 0. The molecule has 0 radical (unpaired) electrons. The number of anilines is 1. The number of nitrogens with zero attached hydrogens (tertiary/aromatic N) is 2. The lowest BCUT2D eigenvalue weighted by atomic mass is 10.3. The van der Waals surface area contributed by atoms with Gasteiger partial charge in [0.1, 0.15) is 0 Å². The molecule has 1 fully saturated rings. The summed E-state index contributed by atoms with van der Waals surface area (Å²) in [6.45, 7) is 4.10. The highest BCUT2D eigenvalue weighted by Crippen LogP contribution is 2.15. The highest BCUT2D eigenvalue weighted by Gasteiger charge is 2.12. The van der Waals surface area contributed by atoms with E-state index in [2.05, 4.69) is 15.2 Å². The quantitative estimate of drug-likeness (QED) is 0.819. The van der Waals surface area contributed by atoms with Crippen LogP contribution in [-0.4, -0.2) is 28.9 Å². The maximum atomic E-state index is 11.6. The number of thiazole rings is 1. The first-order valence-electron chi connectivity index (χ1n) is 5.39. The van der Waals surface area contributed by atoms with Crippen molar-refractivity contribution in [3.05, 3.63) is 23.3 Å². The summed E-state index contributed by atoms with van der Waals surface area (Å²) in [5.74, 6) is -0.0978. The van der Waals surface area contributed by atoms with E-state index >= 15 is 0 Å². The van der Waals surface area contributed by atoms with Gasteiger partial charge in [-0.05, 0) is 19.8 Å². The lowest BCUT2D eigenvalue weighted by Gasteiger charge is -2.17. The van der Waals surface area contributed by atoms with Crippen molar-refractivity contribution in [1.82, 2.24) is 9.88 Å². The van der Waals surface area contributed by atoms with Crippen molar-refractivity contribution in [3.8, 4) is 0 Å². The van der Waals surface area contributed by atoms with E-state index in [0.717, 1.165) is 18.8 Å². The molecule has 1 saturated heterocycles. The fourth-order valence-corrected chi connectivity index (χ4v) is 2.31. The van der Waals surface area contributed by atoms with Gasteiger partial charge in [-0.1, -0.05) is 0 Å². The molecule has 0 bridgehead atoms. The summed E-state index contributed by atoms with van der Waals surface area (Å²) in [4.78, 5) is 17.9. The summed E-state index contributed by atoms with van der Waals surface area (Å²) in [5, 5.41) is 5.23. The van der Waals surface area contributed by atoms with Crippen molar-refractivity contribution >= 4 is 22.4 Å². The highest BCUT2D eigenvalue weighted by molar-refractivity contribution is 7.13. The minimum atomic E-state index is -0.0978. The van der Waals surface area contributed by atoms with Gasteiger partial charge in [0, 0.05) is 36.4 Å². The van der Waals surface area contributed by atoms with Gasteiger partial charge in [0.05, 0.1) is 0 Å². The van der Waals surface area contributed by atoms with Crippen LogP contribution in [0.4, 0.5) is 5.13 Å². The van der Waals surface area contributed by atoms with Crippen molar-refractivity contribution in [2.45, 2.75) is 19.8 Å². The van der Waals surface area contributed by atoms with Gasteiger partial charge in [-0.2, -0.15) is 0 Å². The van der Waals surface area contributed by atoms with Crippen molar-refractivity contribution in [3.63, 3.8) is 0 Å². The van der Waals surface area contributed by atoms with Gasteiger partial charge in [-0.25, -0.2) is 4.98 Å². The van der Waals surface area contributed by atoms with E-state index in [9.17, 15) is 4.79 Å². The summed E-state index contributed by atoms with van der Waals surface area (Å²) in [6.07, 6.45) is 5.77. The summed E-state index contributed by atoms with van der Waals surface area (Å²) in [6, 6.07) is 0. The van der Waals surface area contributed by atoms with Gasteiger partial charge in [0.25, 0.3) is 5.91 Å². The van der Waals surface area contributed by atoms with Crippen LogP contribution in [-0.2, 0) is 4.79 Å². The molecule has 2 heterocycles. The summed E-state index contributed by atoms with van der Waals surface area (Å²) < 4.78 is 0. The predicted molar refractivity (Wildman–Crippen MR) is 65.3 cm³/mol. The van der Waals surface area contributed by atoms with E-state index in [4.69, 9.17) is 0 Å². The van der Waals surface area contributed by atoms with E-state index in [0.29, 0.717) is 5.13 Å². The van der Waals surface area contributed by atoms with Gasteiger partial charge in [0.15, 0.2) is 5.13 Å². The van der Waals surface area contributed by atoms with Crippen LogP contribution in [0.2, 0.25) is 0 Å². The summed E-state index contributed by atoms with van der Waals surface area (Å²) >= 11 is 1.42. The lowest BCUT2D eigenvalue weighted by Crippen LogP contribution is -2.19. The van der Waals surface area contributed by atoms with E-state index in [1.54, 1.807) is 12.3 Å². The normalized spacial score (nSPS) is 16.6. The van der Waals surface area contributed by atoms with Crippen LogP contribution < -0.4 is 5.32 Å². The molecule has 5 heteroatoms. The van der Waals surface area contributed by atoms with Gasteiger partial charge in [0.2, 0.25) is 0 Å². The average Bonchev–Trinajstić information content (AvgIpc) is 2.88. The molecular formula is C11H15N3OS. The number of carbonyl (C=O) groups is 1. The van der Waals surface area contributed by atoms with E-state index in [1.165, 1.54) is 24.2 Å². The monoisotopic (exact) mass is 237 g/mol. The Hall–Kier alpha value is -1.36. The molecule has 86 valence electrons. The Kier molecular flexibility index (Phi) is 3.56. The highest BCUT2D eigenvalue weighted by atomic mass is 32.1. The number of hydrogen-bond donors (Lipinski definition) is 1. The molecule has 0 spiro atoms. The topological polar surface area (TPSA) is 45.2 Å². The molecule has 0 aromatic carbocycles. The molecule has 0 saturated carbocycles. The fraction of sp³-hybridized carbons (Fsp3) is 0.455. The van der Waals surface area contributed by atoms with Crippen LogP contribution in [0.3, 0.4) is 0 Å². The third-order valence-electron chi connectivity index (χ3n) is 2.61. The Morgan fingerprint density at radius 3 is 2.94 bits per heavy atom. The lowest BCUT2D eigenvalue weighted by molar-refractivity contribution is -0.112. The molecule has 1 N–H and O–H groups in total. The standard InChI is InChI=1S/C11H15N3OS/c1-9(14-5-2-3-6-14)8-10(15)13-11-12-4-7-16-11/h4,7-8H,2-3,5-6H2,1H3,(H,12,13,15)/b9-8+. The first-order chi connectivity index (χ1) is 7.75. The minimum Gasteiger partial charge on any atom is -0.375 e. The predicted octanol–water partition coefficient (Wildman–Crippen LogP) is 2.08. The molecule has 1 aromatic heterocycles. The second-order valence-corrected chi connectivity index (χ2v) is 4.70. The third kappa shape index (κ3) is 2.82. The van der Waals surface area contributed by atoms with Gasteiger partial charge < -0.3 is 4.90 Å².